The lowest BCUT2D eigenvalue weighted by molar-refractivity contribution is 0.275. The fourth-order valence-electron chi connectivity index (χ4n) is 1.26. The van der Waals surface area contributed by atoms with E-state index in [1.165, 1.54) is 0 Å². The van der Waals surface area contributed by atoms with E-state index in [4.69, 9.17) is 10.8 Å². The molecule has 70 valence electrons. The van der Waals surface area contributed by atoms with E-state index in [9.17, 15) is 0 Å². The second-order valence-corrected chi connectivity index (χ2v) is 3.22. The maximum atomic E-state index is 8.82. The Morgan fingerprint density at radius 1 is 1.54 bits per heavy atom. The van der Waals surface area contributed by atoms with E-state index in [0.717, 1.165) is 6.42 Å². The van der Waals surface area contributed by atoms with Gasteiger partial charge in [-0.05, 0) is 6.42 Å². The quantitative estimate of drug-likeness (QED) is 0.602. The van der Waals surface area contributed by atoms with Gasteiger partial charge in [-0.25, -0.2) is 9.97 Å². The molecule has 1 aromatic rings. The Morgan fingerprint density at radius 2 is 2.31 bits per heavy atom. The number of nitrogens with one attached hydrogen (secondary N) is 1. The molecule has 0 saturated heterocycles. The Labute approximate surface area is 76.0 Å². The number of aromatic nitrogens is 2. The van der Waals surface area contributed by atoms with Gasteiger partial charge >= 0.3 is 0 Å². The minimum atomic E-state index is 0.220. The second-order valence-electron chi connectivity index (χ2n) is 3.22. The number of rotatable bonds is 3. The summed E-state index contributed by atoms with van der Waals surface area (Å²) in [4.78, 5) is 7.95. The zero-order valence-corrected chi connectivity index (χ0v) is 7.14. The molecule has 1 saturated carbocycles. The average Bonchev–Trinajstić information content (AvgIpc) is 2.88. The number of aliphatic hydroxyl groups is 1. The first-order chi connectivity index (χ1) is 6.31. The Kier molecular flexibility index (Phi) is 2.02. The molecule has 1 fully saturated rings. The van der Waals surface area contributed by atoms with Crippen molar-refractivity contribution in [3.05, 3.63) is 12.4 Å². The van der Waals surface area contributed by atoms with Crippen LogP contribution in [0.25, 0.3) is 0 Å². The van der Waals surface area contributed by atoms with Crippen LogP contribution in [0.2, 0.25) is 0 Å². The number of nitrogen functional groups attached to an aromatic ring is 1. The van der Waals surface area contributed by atoms with Crippen molar-refractivity contribution in [2.24, 2.45) is 5.92 Å². The van der Waals surface area contributed by atoms with Gasteiger partial charge in [0.15, 0.2) is 11.6 Å². The number of anilines is 2. The summed E-state index contributed by atoms with van der Waals surface area (Å²) in [5.41, 5.74) is 5.58. The summed E-state index contributed by atoms with van der Waals surface area (Å²) in [6, 6.07) is 0.309. The fraction of sp³-hybridized carbons (Fsp3) is 0.500. The van der Waals surface area contributed by atoms with Gasteiger partial charge in [0.05, 0.1) is 0 Å². The fourth-order valence-corrected chi connectivity index (χ4v) is 1.26. The van der Waals surface area contributed by atoms with E-state index in [2.05, 4.69) is 15.3 Å². The van der Waals surface area contributed by atoms with Crippen molar-refractivity contribution in [1.29, 1.82) is 0 Å². The normalized spacial score (nSPS) is 25.6. The average molecular weight is 180 g/mol. The summed E-state index contributed by atoms with van der Waals surface area (Å²) in [6.45, 7) is 0.220. The van der Waals surface area contributed by atoms with Crippen LogP contribution in [0.4, 0.5) is 11.6 Å². The summed E-state index contributed by atoms with van der Waals surface area (Å²) in [6.07, 6.45) is 4.12. The molecule has 13 heavy (non-hydrogen) atoms. The van der Waals surface area contributed by atoms with E-state index in [-0.39, 0.29) is 6.61 Å². The Hall–Kier alpha value is -1.36. The first-order valence-electron chi connectivity index (χ1n) is 4.25. The largest absolute Gasteiger partial charge is 0.396 e. The molecule has 0 amide bonds. The first kappa shape index (κ1) is 8.25. The minimum absolute atomic E-state index is 0.220. The van der Waals surface area contributed by atoms with Crippen molar-refractivity contribution in [1.82, 2.24) is 9.97 Å². The molecule has 0 aliphatic heterocycles. The van der Waals surface area contributed by atoms with Crippen molar-refractivity contribution in [2.75, 3.05) is 17.7 Å². The first-order valence-corrected chi connectivity index (χ1v) is 4.25. The molecule has 5 heteroatoms. The van der Waals surface area contributed by atoms with Gasteiger partial charge in [0, 0.05) is 31.0 Å². The highest BCUT2D eigenvalue weighted by atomic mass is 16.3. The topological polar surface area (TPSA) is 84.1 Å². The molecule has 1 aliphatic carbocycles. The molecule has 1 aliphatic rings. The molecule has 5 nitrogen and oxygen atoms in total. The van der Waals surface area contributed by atoms with Crippen molar-refractivity contribution >= 4 is 11.6 Å². The lowest BCUT2D eigenvalue weighted by atomic mass is 10.4. The van der Waals surface area contributed by atoms with Crippen molar-refractivity contribution in [3.8, 4) is 0 Å². The molecule has 4 N–H and O–H groups in total. The lowest BCUT2D eigenvalue weighted by Crippen LogP contribution is -2.10. The van der Waals surface area contributed by atoms with Crippen LogP contribution >= 0.6 is 0 Å². The van der Waals surface area contributed by atoms with E-state index >= 15 is 0 Å². The third-order valence-corrected chi connectivity index (χ3v) is 2.21. The van der Waals surface area contributed by atoms with E-state index in [0.29, 0.717) is 23.6 Å². The highest BCUT2D eigenvalue weighted by Gasteiger charge is 2.36. The van der Waals surface area contributed by atoms with Crippen LogP contribution in [0.5, 0.6) is 0 Å². The highest BCUT2D eigenvalue weighted by molar-refractivity contribution is 5.56. The summed E-state index contributed by atoms with van der Waals surface area (Å²) in [7, 11) is 0. The van der Waals surface area contributed by atoms with E-state index < -0.39 is 0 Å². The van der Waals surface area contributed by atoms with Crippen LogP contribution in [0.15, 0.2) is 12.4 Å². The molecule has 1 aromatic heterocycles. The summed E-state index contributed by atoms with van der Waals surface area (Å²) >= 11 is 0. The maximum absolute atomic E-state index is 8.82. The predicted molar refractivity (Wildman–Crippen MR) is 49.0 cm³/mol. The molecular formula is C8H12N4O. The molecule has 2 atom stereocenters. The minimum Gasteiger partial charge on any atom is -0.396 e. The van der Waals surface area contributed by atoms with Gasteiger partial charge in [-0.1, -0.05) is 0 Å². The monoisotopic (exact) mass is 180 g/mol. The summed E-state index contributed by atoms with van der Waals surface area (Å²) in [5.74, 6) is 1.37. The van der Waals surface area contributed by atoms with Crippen LogP contribution in [-0.2, 0) is 0 Å². The number of aliphatic hydroxyl groups excluding tert-OH is 1. The van der Waals surface area contributed by atoms with Crippen molar-refractivity contribution in [3.63, 3.8) is 0 Å². The maximum Gasteiger partial charge on any atom is 0.169 e. The molecule has 0 radical (unpaired) electrons. The van der Waals surface area contributed by atoms with Crippen molar-refractivity contribution in [2.45, 2.75) is 12.5 Å². The van der Waals surface area contributed by atoms with Gasteiger partial charge in [0.1, 0.15) is 0 Å². The second kappa shape index (κ2) is 3.18. The van der Waals surface area contributed by atoms with Gasteiger partial charge < -0.3 is 16.2 Å². The SMILES string of the molecule is Nc1nccnc1N[C@@H]1C[C@H]1CO. The number of hydrogen-bond acceptors (Lipinski definition) is 5. The summed E-state index contributed by atoms with van der Waals surface area (Å²) < 4.78 is 0. The van der Waals surface area contributed by atoms with Crippen LogP contribution < -0.4 is 11.1 Å². The van der Waals surface area contributed by atoms with Crippen molar-refractivity contribution < 1.29 is 5.11 Å². The van der Waals surface area contributed by atoms with Gasteiger partial charge in [-0.2, -0.15) is 0 Å². The molecule has 0 spiro atoms. The zero-order valence-electron chi connectivity index (χ0n) is 7.14. The Balaban J connectivity index is 1.99. The zero-order chi connectivity index (χ0) is 9.26. The van der Waals surface area contributed by atoms with E-state index in [1.807, 2.05) is 0 Å². The summed E-state index contributed by atoms with van der Waals surface area (Å²) in [5, 5.41) is 11.9. The molecule has 0 unspecified atom stereocenters. The molecule has 2 rings (SSSR count). The van der Waals surface area contributed by atoms with E-state index in [1.54, 1.807) is 12.4 Å². The third-order valence-electron chi connectivity index (χ3n) is 2.21. The smallest absolute Gasteiger partial charge is 0.169 e. The number of nitrogens with zero attached hydrogens (tertiary/aromatic N) is 2. The Morgan fingerprint density at radius 3 is 2.92 bits per heavy atom. The highest BCUT2D eigenvalue weighted by Crippen LogP contribution is 2.33. The Bertz CT molecular complexity index is 304. The van der Waals surface area contributed by atoms with Crippen LogP contribution in [-0.4, -0.2) is 27.7 Å². The predicted octanol–water partition coefficient (Wildman–Crippen LogP) is -0.149. The third kappa shape index (κ3) is 1.70. The lowest BCUT2D eigenvalue weighted by Gasteiger charge is -2.05. The number of hydrogen-bond donors (Lipinski definition) is 3. The van der Waals surface area contributed by atoms with Gasteiger partial charge in [-0.15, -0.1) is 0 Å². The van der Waals surface area contributed by atoms with Gasteiger partial charge in [-0.3, -0.25) is 0 Å². The molecule has 0 aromatic carbocycles. The van der Waals surface area contributed by atoms with Crippen LogP contribution in [0, 0.1) is 5.92 Å². The van der Waals surface area contributed by atoms with Crippen LogP contribution in [0.1, 0.15) is 6.42 Å². The van der Waals surface area contributed by atoms with Gasteiger partial charge in [0.25, 0.3) is 0 Å². The molecule has 0 bridgehead atoms. The number of nitrogens with two attached hydrogens (primary N) is 1. The van der Waals surface area contributed by atoms with Gasteiger partial charge in [0.2, 0.25) is 0 Å². The standard InChI is InChI=1S/C8H12N4O/c9-7-8(11-2-1-10-7)12-6-3-5(6)4-13/h1-2,5-6,13H,3-4H2,(H2,9,10)(H,11,12)/t5-,6+/m0/s1. The van der Waals surface area contributed by atoms with Crippen LogP contribution in [0.3, 0.4) is 0 Å². The molecule has 1 heterocycles. The molecular weight excluding hydrogens is 168 g/mol.